The molecule has 3 N–H and O–H groups in total. The molecule has 0 saturated carbocycles. The van der Waals surface area contributed by atoms with Crippen LogP contribution in [0, 0.1) is 17.8 Å². The van der Waals surface area contributed by atoms with Crippen LogP contribution in [-0.4, -0.2) is 96.7 Å². The van der Waals surface area contributed by atoms with Crippen LogP contribution >= 0.6 is 15.6 Å². The molecule has 0 aromatic carbocycles. The number of hydrogen-bond donors (Lipinski definition) is 3. The molecule has 0 rings (SSSR count). The zero-order valence-corrected chi connectivity index (χ0v) is 67.5. The van der Waals surface area contributed by atoms with E-state index in [1.54, 1.807) is 0 Å². The van der Waals surface area contributed by atoms with E-state index in [1.807, 2.05) is 0 Å². The van der Waals surface area contributed by atoms with Gasteiger partial charge in [0.2, 0.25) is 0 Å². The Kier molecular flexibility index (Phi) is 69.9. The maximum atomic E-state index is 13.1. The van der Waals surface area contributed by atoms with Crippen LogP contribution in [0.25, 0.3) is 0 Å². The van der Waals surface area contributed by atoms with E-state index in [2.05, 4.69) is 48.5 Å². The zero-order chi connectivity index (χ0) is 73.7. The number of aliphatic hydroxyl groups is 1. The molecule has 0 saturated heterocycles. The minimum atomic E-state index is -4.96. The lowest BCUT2D eigenvalue weighted by molar-refractivity contribution is -0.161. The summed E-state index contributed by atoms with van der Waals surface area (Å²) in [5.41, 5.74) is 0. The van der Waals surface area contributed by atoms with Crippen molar-refractivity contribution in [2.75, 3.05) is 39.6 Å². The SMILES string of the molecule is CCCCCCCCCCCCCCCCCCC(=O)OC[C@H](COP(=O)(O)OC[C@@H](O)COP(=O)(O)OC[C@@H](COC(=O)CCCCCCCCCCC(C)CC)OC(=O)CCCCCCCCCCCCCC(C)C)OC(=O)CCCCCCCCCCCCCCCCC(C)CC. The van der Waals surface area contributed by atoms with E-state index < -0.39 is 97.5 Å². The second-order valence-electron chi connectivity index (χ2n) is 30.1. The van der Waals surface area contributed by atoms with Gasteiger partial charge in [-0.25, -0.2) is 9.13 Å². The third-order valence-electron chi connectivity index (χ3n) is 19.6. The van der Waals surface area contributed by atoms with Gasteiger partial charge in [-0.2, -0.15) is 0 Å². The highest BCUT2D eigenvalue weighted by Gasteiger charge is 2.30. The highest BCUT2D eigenvalue weighted by atomic mass is 31.2. The van der Waals surface area contributed by atoms with E-state index >= 15 is 0 Å². The van der Waals surface area contributed by atoms with Crippen LogP contribution in [0.15, 0.2) is 0 Å². The number of aliphatic hydroxyl groups excluding tert-OH is 1. The van der Waals surface area contributed by atoms with Crippen molar-refractivity contribution in [1.29, 1.82) is 0 Å². The molecule has 0 bridgehead atoms. The Balaban J connectivity index is 5.27. The van der Waals surface area contributed by atoms with Gasteiger partial charge < -0.3 is 33.8 Å². The van der Waals surface area contributed by atoms with Crippen molar-refractivity contribution in [2.45, 2.75) is 439 Å². The van der Waals surface area contributed by atoms with Crippen LogP contribution in [0.5, 0.6) is 0 Å². The fourth-order valence-electron chi connectivity index (χ4n) is 12.4. The van der Waals surface area contributed by atoms with E-state index in [9.17, 15) is 43.2 Å². The van der Waals surface area contributed by atoms with Gasteiger partial charge in [0, 0.05) is 25.7 Å². The van der Waals surface area contributed by atoms with E-state index in [0.717, 1.165) is 108 Å². The molecule has 594 valence electrons. The van der Waals surface area contributed by atoms with Crippen molar-refractivity contribution in [3.05, 3.63) is 0 Å². The lowest BCUT2D eigenvalue weighted by atomic mass is 9.99. The first-order chi connectivity index (χ1) is 48.3. The van der Waals surface area contributed by atoms with E-state index in [4.69, 9.17) is 37.0 Å². The molecule has 4 unspecified atom stereocenters. The van der Waals surface area contributed by atoms with Gasteiger partial charge in [0.15, 0.2) is 12.2 Å². The van der Waals surface area contributed by atoms with E-state index in [0.29, 0.717) is 25.7 Å². The van der Waals surface area contributed by atoms with Crippen molar-refractivity contribution in [1.82, 2.24) is 0 Å². The van der Waals surface area contributed by atoms with Crippen LogP contribution in [0.3, 0.4) is 0 Å². The molecule has 0 fully saturated rings. The first kappa shape index (κ1) is 98.1. The van der Waals surface area contributed by atoms with Crippen molar-refractivity contribution in [2.24, 2.45) is 17.8 Å². The average Bonchev–Trinajstić information content (AvgIpc) is 0.981. The Morgan fingerprint density at radius 1 is 0.290 bits per heavy atom. The lowest BCUT2D eigenvalue weighted by Crippen LogP contribution is -2.30. The van der Waals surface area contributed by atoms with Gasteiger partial charge in [0.1, 0.15) is 19.3 Å². The monoisotopic (exact) mass is 1470 g/mol. The highest BCUT2D eigenvalue weighted by Crippen LogP contribution is 2.45. The van der Waals surface area contributed by atoms with Crippen LogP contribution < -0.4 is 0 Å². The Labute approximate surface area is 613 Å². The van der Waals surface area contributed by atoms with Crippen LogP contribution in [0.2, 0.25) is 0 Å². The second-order valence-corrected chi connectivity index (χ2v) is 33.0. The number of carbonyl (C=O) groups is 4. The molecule has 17 nitrogen and oxygen atoms in total. The zero-order valence-electron chi connectivity index (χ0n) is 65.7. The first-order valence-corrected chi connectivity index (χ1v) is 44.9. The third-order valence-corrected chi connectivity index (χ3v) is 21.5. The minimum absolute atomic E-state index is 0.106. The predicted octanol–water partition coefficient (Wildman–Crippen LogP) is 24.1. The molecule has 0 aliphatic heterocycles. The third kappa shape index (κ3) is 71.7. The van der Waals surface area contributed by atoms with Gasteiger partial charge in [-0.3, -0.25) is 37.3 Å². The summed E-state index contributed by atoms with van der Waals surface area (Å²) in [5.74, 6) is 0.279. The molecule has 0 aliphatic rings. The van der Waals surface area contributed by atoms with E-state index in [1.165, 1.54) is 231 Å². The quantitative estimate of drug-likeness (QED) is 0.0222. The Bertz CT molecular complexity index is 1940. The number of phosphoric ester groups is 2. The average molecular weight is 1470 g/mol. The van der Waals surface area contributed by atoms with Gasteiger partial charge in [0.05, 0.1) is 26.4 Å². The lowest BCUT2D eigenvalue weighted by Gasteiger charge is -2.21. The van der Waals surface area contributed by atoms with Gasteiger partial charge in [-0.1, -0.05) is 370 Å². The molecule has 0 radical (unpaired) electrons. The number of carbonyl (C=O) groups excluding carboxylic acids is 4. The normalized spacial score (nSPS) is 14.5. The van der Waals surface area contributed by atoms with Crippen LogP contribution in [-0.2, 0) is 65.4 Å². The van der Waals surface area contributed by atoms with Crippen LogP contribution in [0.1, 0.15) is 421 Å². The summed E-state index contributed by atoms with van der Waals surface area (Å²) in [5, 5.41) is 10.6. The number of esters is 4. The fourth-order valence-corrected chi connectivity index (χ4v) is 14.0. The molecular weight excluding hydrogens is 1310 g/mol. The van der Waals surface area contributed by atoms with Crippen LogP contribution in [0.4, 0.5) is 0 Å². The molecule has 0 aromatic heterocycles. The second kappa shape index (κ2) is 71.3. The Hall–Kier alpha value is -1.94. The number of unbranched alkanes of at least 4 members (excludes halogenated alkanes) is 45. The molecular formula is C81H158O17P2. The van der Waals surface area contributed by atoms with E-state index in [-0.39, 0.29) is 25.7 Å². The highest BCUT2D eigenvalue weighted by molar-refractivity contribution is 7.47. The standard InChI is InChI=1S/C81H158O17P2/c1-8-11-12-13-14-15-16-17-18-19-23-28-33-41-48-55-62-78(83)91-68-76(97-80(85)64-57-50-43-34-29-24-21-20-22-27-32-39-46-53-60-73(6)9-2)70-95-99(87,88)93-66-75(82)67-94-100(89,90)96-71-77(69-92-79(84)63-56-49-42-37-36-40-47-54-61-74(7)10-3)98-81(86)65-58-51-44-35-30-25-26-31-38-45-52-59-72(4)5/h72-77,82H,8-71H2,1-7H3,(H,87,88)(H,89,90)/t73?,74?,75-,76-,77-/m1/s1. The maximum Gasteiger partial charge on any atom is 0.472 e. The number of phosphoric acid groups is 2. The fraction of sp³-hybridized carbons (Fsp3) is 0.951. The summed E-state index contributed by atoms with van der Waals surface area (Å²) >= 11 is 0. The summed E-state index contributed by atoms with van der Waals surface area (Å²) in [6.45, 7) is 12.0. The molecule has 19 heteroatoms. The van der Waals surface area contributed by atoms with Gasteiger partial charge in [0.25, 0.3) is 0 Å². The predicted molar refractivity (Wildman–Crippen MR) is 409 cm³/mol. The molecule has 0 heterocycles. The summed E-state index contributed by atoms with van der Waals surface area (Å²) in [7, 11) is -9.92. The number of rotatable bonds is 79. The molecule has 0 aromatic rings. The minimum Gasteiger partial charge on any atom is -0.462 e. The summed E-state index contributed by atoms with van der Waals surface area (Å²) < 4.78 is 68.8. The van der Waals surface area contributed by atoms with Crippen molar-refractivity contribution in [3.8, 4) is 0 Å². The molecule has 0 aliphatic carbocycles. The topological polar surface area (TPSA) is 237 Å². The smallest absolute Gasteiger partial charge is 0.462 e. The maximum absolute atomic E-state index is 13.1. The molecule has 100 heavy (non-hydrogen) atoms. The van der Waals surface area contributed by atoms with Crippen molar-refractivity contribution in [3.63, 3.8) is 0 Å². The largest absolute Gasteiger partial charge is 0.472 e. The molecule has 0 amide bonds. The van der Waals surface area contributed by atoms with Gasteiger partial charge >= 0.3 is 39.5 Å². The Morgan fingerprint density at radius 3 is 0.760 bits per heavy atom. The summed E-state index contributed by atoms with van der Waals surface area (Å²) in [6.07, 6.45) is 59.4. The molecule has 0 spiro atoms. The molecule has 7 atom stereocenters. The number of hydrogen-bond acceptors (Lipinski definition) is 15. The van der Waals surface area contributed by atoms with Gasteiger partial charge in [-0.05, 0) is 43.4 Å². The first-order valence-electron chi connectivity index (χ1n) is 41.9. The van der Waals surface area contributed by atoms with Crippen molar-refractivity contribution < 1.29 is 80.2 Å². The Morgan fingerprint density at radius 2 is 0.510 bits per heavy atom. The number of ether oxygens (including phenoxy) is 4. The van der Waals surface area contributed by atoms with Gasteiger partial charge in [-0.15, -0.1) is 0 Å². The summed E-state index contributed by atoms with van der Waals surface area (Å²) in [6, 6.07) is 0. The van der Waals surface area contributed by atoms with Crippen molar-refractivity contribution >= 4 is 39.5 Å². The summed E-state index contributed by atoms with van der Waals surface area (Å²) in [4.78, 5) is 73.1.